The van der Waals surface area contributed by atoms with Crippen LogP contribution in [-0.4, -0.2) is 28.5 Å². The molecule has 1 aliphatic heterocycles. The van der Waals surface area contributed by atoms with E-state index in [-0.39, 0.29) is 5.91 Å². The maximum Gasteiger partial charge on any atom is 0.270 e. The fourth-order valence-electron chi connectivity index (χ4n) is 2.58. The van der Waals surface area contributed by atoms with E-state index >= 15 is 0 Å². The molecule has 90 valence electrons. The molecule has 0 aliphatic carbocycles. The summed E-state index contributed by atoms with van der Waals surface area (Å²) in [4.78, 5) is 14.3. The number of aromatic nitrogens is 1. The van der Waals surface area contributed by atoms with Crippen LogP contribution in [0.25, 0.3) is 11.1 Å². The van der Waals surface area contributed by atoms with Crippen molar-refractivity contribution in [2.75, 3.05) is 13.1 Å². The predicted molar refractivity (Wildman–Crippen MR) is 65.0 cm³/mol. The van der Waals surface area contributed by atoms with E-state index in [1.165, 1.54) is 0 Å². The molecule has 3 rings (SSSR count). The Labute approximate surface area is 99.8 Å². The predicted octanol–water partition coefficient (Wildman–Crippen LogP) is 2.49. The Kier molecular flexibility index (Phi) is 2.42. The molecule has 0 N–H and O–H groups in total. The zero-order valence-electron chi connectivity index (χ0n) is 9.98. The Balaban J connectivity index is 2.03. The van der Waals surface area contributed by atoms with Gasteiger partial charge in [0, 0.05) is 31.8 Å². The largest absolute Gasteiger partial charge is 0.463 e. The summed E-state index contributed by atoms with van der Waals surface area (Å²) in [5.74, 6) is 0.135. The van der Waals surface area contributed by atoms with Gasteiger partial charge in [-0.25, -0.2) is 0 Å². The van der Waals surface area contributed by atoms with Crippen LogP contribution < -0.4 is 0 Å². The molecule has 3 heterocycles. The van der Waals surface area contributed by atoms with Crippen molar-refractivity contribution in [3.8, 4) is 0 Å². The molecule has 0 spiro atoms. The molecule has 1 aliphatic rings. The maximum atomic E-state index is 12.4. The van der Waals surface area contributed by atoms with Gasteiger partial charge in [0.05, 0.1) is 11.8 Å². The highest BCUT2D eigenvalue weighted by molar-refractivity contribution is 5.97. The van der Waals surface area contributed by atoms with E-state index in [1.807, 2.05) is 28.5 Å². The molecular weight excluding hydrogens is 216 g/mol. The van der Waals surface area contributed by atoms with E-state index < -0.39 is 0 Å². The minimum Gasteiger partial charge on any atom is -0.463 e. The van der Waals surface area contributed by atoms with Crippen molar-refractivity contribution in [1.82, 2.24) is 9.47 Å². The van der Waals surface area contributed by atoms with E-state index in [4.69, 9.17) is 4.42 Å². The minimum atomic E-state index is 0.135. The van der Waals surface area contributed by atoms with Crippen molar-refractivity contribution < 1.29 is 9.21 Å². The van der Waals surface area contributed by atoms with Gasteiger partial charge in [0.2, 0.25) is 0 Å². The number of carbonyl (C=O) groups excluding carboxylic acids is 1. The Morgan fingerprint density at radius 3 is 2.88 bits per heavy atom. The zero-order chi connectivity index (χ0) is 11.8. The van der Waals surface area contributed by atoms with Crippen LogP contribution in [-0.2, 0) is 6.54 Å². The monoisotopic (exact) mass is 232 g/mol. The van der Waals surface area contributed by atoms with E-state index in [0.29, 0.717) is 0 Å². The number of aryl methyl sites for hydroxylation is 1. The highest BCUT2D eigenvalue weighted by Gasteiger charge is 2.23. The van der Waals surface area contributed by atoms with Crippen LogP contribution in [0.4, 0.5) is 0 Å². The van der Waals surface area contributed by atoms with Gasteiger partial charge in [-0.1, -0.05) is 0 Å². The second-order valence-corrected chi connectivity index (χ2v) is 4.44. The second kappa shape index (κ2) is 3.95. The topological polar surface area (TPSA) is 38.4 Å². The van der Waals surface area contributed by atoms with Crippen molar-refractivity contribution in [2.45, 2.75) is 26.3 Å². The van der Waals surface area contributed by atoms with Crippen LogP contribution in [0.1, 0.15) is 30.3 Å². The van der Waals surface area contributed by atoms with Crippen LogP contribution in [0.5, 0.6) is 0 Å². The number of rotatable bonds is 2. The molecule has 0 saturated carbocycles. The van der Waals surface area contributed by atoms with E-state index in [2.05, 4.69) is 0 Å². The Morgan fingerprint density at radius 2 is 2.18 bits per heavy atom. The third kappa shape index (κ3) is 1.55. The smallest absolute Gasteiger partial charge is 0.270 e. The molecule has 2 aromatic rings. The average Bonchev–Trinajstić information content (AvgIpc) is 3.03. The first-order valence-corrected chi connectivity index (χ1v) is 6.17. The summed E-state index contributed by atoms with van der Waals surface area (Å²) < 4.78 is 7.39. The van der Waals surface area contributed by atoms with Gasteiger partial charge < -0.3 is 13.9 Å². The van der Waals surface area contributed by atoms with Crippen molar-refractivity contribution in [1.29, 1.82) is 0 Å². The highest BCUT2D eigenvalue weighted by Crippen LogP contribution is 2.23. The summed E-state index contributed by atoms with van der Waals surface area (Å²) >= 11 is 0. The first-order valence-electron chi connectivity index (χ1n) is 6.17. The zero-order valence-corrected chi connectivity index (χ0v) is 9.98. The van der Waals surface area contributed by atoms with E-state index in [1.54, 1.807) is 6.26 Å². The van der Waals surface area contributed by atoms with Gasteiger partial charge in [-0.2, -0.15) is 0 Å². The van der Waals surface area contributed by atoms with Crippen molar-refractivity contribution >= 4 is 17.0 Å². The van der Waals surface area contributed by atoms with Crippen LogP contribution in [0.15, 0.2) is 22.8 Å². The standard InChI is InChI=1S/C13H16N2O2/c1-2-15-10-5-8-17-12(10)9-11(15)13(16)14-6-3-4-7-14/h5,8-9H,2-4,6-7H2,1H3. The van der Waals surface area contributed by atoms with Crippen LogP contribution >= 0.6 is 0 Å². The van der Waals surface area contributed by atoms with Gasteiger partial charge in [0.15, 0.2) is 5.58 Å². The van der Waals surface area contributed by atoms with E-state index in [0.717, 1.165) is 49.3 Å². The van der Waals surface area contributed by atoms with Gasteiger partial charge in [-0.3, -0.25) is 4.79 Å². The molecule has 0 atom stereocenters. The van der Waals surface area contributed by atoms with Crippen molar-refractivity contribution in [3.05, 3.63) is 24.1 Å². The maximum absolute atomic E-state index is 12.4. The number of fused-ring (bicyclic) bond motifs is 1. The molecule has 0 aromatic carbocycles. The van der Waals surface area contributed by atoms with Gasteiger partial charge in [-0.05, 0) is 19.8 Å². The first-order chi connectivity index (χ1) is 8.31. The molecule has 2 aromatic heterocycles. The first kappa shape index (κ1) is 10.4. The minimum absolute atomic E-state index is 0.135. The number of likely N-dealkylation sites (tertiary alicyclic amines) is 1. The van der Waals surface area contributed by atoms with Crippen LogP contribution in [0.3, 0.4) is 0 Å². The molecular formula is C13H16N2O2. The number of hydrogen-bond donors (Lipinski definition) is 0. The fraction of sp³-hybridized carbons (Fsp3) is 0.462. The molecule has 0 unspecified atom stereocenters. The number of amides is 1. The lowest BCUT2D eigenvalue weighted by Gasteiger charge is -2.16. The molecule has 0 bridgehead atoms. The Bertz CT molecular complexity index is 547. The number of carbonyl (C=O) groups is 1. The van der Waals surface area contributed by atoms with Gasteiger partial charge in [0.25, 0.3) is 5.91 Å². The normalized spacial score (nSPS) is 15.9. The van der Waals surface area contributed by atoms with Crippen LogP contribution in [0, 0.1) is 0 Å². The van der Waals surface area contributed by atoms with Gasteiger partial charge >= 0.3 is 0 Å². The Morgan fingerprint density at radius 1 is 1.41 bits per heavy atom. The molecule has 17 heavy (non-hydrogen) atoms. The van der Waals surface area contributed by atoms with Crippen LogP contribution in [0.2, 0.25) is 0 Å². The molecule has 0 radical (unpaired) electrons. The number of nitrogens with zero attached hydrogens (tertiary/aromatic N) is 2. The summed E-state index contributed by atoms with van der Waals surface area (Å²) in [7, 11) is 0. The van der Waals surface area contributed by atoms with Crippen molar-refractivity contribution in [2.24, 2.45) is 0 Å². The summed E-state index contributed by atoms with van der Waals surface area (Å²) in [6, 6.07) is 3.78. The third-order valence-electron chi connectivity index (χ3n) is 3.45. The average molecular weight is 232 g/mol. The summed E-state index contributed by atoms with van der Waals surface area (Å²) in [6.07, 6.45) is 3.91. The molecule has 4 heteroatoms. The Hall–Kier alpha value is -1.71. The lowest BCUT2D eigenvalue weighted by molar-refractivity contribution is 0.0782. The summed E-state index contributed by atoms with van der Waals surface area (Å²) in [5.41, 5.74) is 2.56. The SMILES string of the molecule is CCn1c(C(=O)N2CCCC2)cc2occc21. The molecule has 1 fully saturated rings. The number of furan rings is 1. The highest BCUT2D eigenvalue weighted by atomic mass is 16.3. The van der Waals surface area contributed by atoms with Gasteiger partial charge in [0.1, 0.15) is 5.69 Å². The summed E-state index contributed by atoms with van der Waals surface area (Å²) in [6.45, 7) is 4.61. The summed E-state index contributed by atoms with van der Waals surface area (Å²) in [5, 5.41) is 0. The quantitative estimate of drug-likeness (QED) is 0.797. The fourth-order valence-corrected chi connectivity index (χ4v) is 2.58. The van der Waals surface area contributed by atoms with Crippen molar-refractivity contribution in [3.63, 3.8) is 0 Å². The van der Waals surface area contributed by atoms with Gasteiger partial charge in [-0.15, -0.1) is 0 Å². The number of hydrogen-bond acceptors (Lipinski definition) is 2. The van der Waals surface area contributed by atoms with E-state index in [9.17, 15) is 4.79 Å². The third-order valence-corrected chi connectivity index (χ3v) is 3.45. The molecule has 1 saturated heterocycles. The second-order valence-electron chi connectivity index (χ2n) is 4.44. The molecule has 1 amide bonds. The lowest BCUT2D eigenvalue weighted by Crippen LogP contribution is -2.29. The molecule has 4 nitrogen and oxygen atoms in total. The lowest BCUT2D eigenvalue weighted by atomic mass is 10.3.